The first-order chi connectivity index (χ1) is 17.6. The average Bonchev–Trinajstić information content (AvgIpc) is 3.47. The molecule has 0 N–H and O–H groups in total. The Hall–Kier alpha value is -2.58. The molecule has 4 rings (SSSR count). The molecule has 1 saturated heterocycles. The molecule has 0 spiro atoms. The van der Waals surface area contributed by atoms with Crippen molar-refractivity contribution in [2.45, 2.75) is 30.5 Å². The highest BCUT2D eigenvalue weighted by molar-refractivity contribution is 7.91. The van der Waals surface area contributed by atoms with Crippen LogP contribution in [0.2, 0.25) is 4.34 Å². The smallest absolute Gasteiger partial charge is 0.338 e. The van der Waals surface area contributed by atoms with Gasteiger partial charge in [0, 0.05) is 13.1 Å². The van der Waals surface area contributed by atoms with Crippen LogP contribution in [0.25, 0.3) is 10.2 Å². The number of nitrogens with zero attached hydrogens (tertiary/aromatic N) is 3. The fraction of sp³-hybridized carbons (Fsp3) is 0.391. The number of carbonyl (C=O) groups excluding carboxylic acids is 3. The lowest BCUT2D eigenvalue weighted by Gasteiger charge is -2.29. The van der Waals surface area contributed by atoms with E-state index in [1.165, 1.54) is 23.5 Å². The summed E-state index contributed by atoms with van der Waals surface area (Å²) >= 11 is 8.03. The van der Waals surface area contributed by atoms with E-state index in [2.05, 4.69) is 4.99 Å². The molecule has 1 aliphatic heterocycles. The van der Waals surface area contributed by atoms with Gasteiger partial charge in [0.05, 0.1) is 39.8 Å². The molecule has 0 aliphatic carbocycles. The highest BCUT2D eigenvalue weighted by Crippen LogP contribution is 2.31. The molecule has 1 amide bonds. The predicted molar refractivity (Wildman–Crippen MR) is 139 cm³/mol. The summed E-state index contributed by atoms with van der Waals surface area (Å²) in [5.74, 6) is -2.15. The molecule has 0 radical (unpaired) electrons. The molecule has 3 heterocycles. The molecule has 198 valence electrons. The number of piperidine rings is 1. The Labute approximate surface area is 226 Å². The summed E-state index contributed by atoms with van der Waals surface area (Å²) in [6, 6.07) is 7.83. The zero-order chi connectivity index (χ0) is 26.7. The van der Waals surface area contributed by atoms with Crippen molar-refractivity contribution in [2.75, 3.05) is 26.8 Å². The zero-order valence-electron chi connectivity index (χ0n) is 20.0. The van der Waals surface area contributed by atoms with Gasteiger partial charge < -0.3 is 14.0 Å². The molecule has 1 fully saturated rings. The van der Waals surface area contributed by atoms with Crippen LogP contribution in [0.15, 0.2) is 39.5 Å². The van der Waals surface area contributed by atoms with Gasteiger partial charge in [-0.15, -0.1) is 11.3 Å². The Morgan fingerprint density at radius 2 is 1.97 bits per heavy atom. The number of esters is 2. The molecular weight excluding hydrogens is 562 g/mol. The first-order valence-electron chi connectivity index (χ1n) is 11.4. The lowest BCUT2D eigenvalue weighted by molar-refractivity contribution is -0.141. The van der Waals surface area contributed by atoms with Crippen molar-refractivity contribution in [3.05, 3.63) is 45.0 Å². The van der Waals surface area contributed by atoms with Crippen molar-refractivity contribution in [3.8, 4) is 0 Å². The fourth-order valence-corrected chi connectivity index (χ4v) is 8.19. The lowest BCUT2D eigenvalue weighted by Crippen LogP contribution is -2.42. The number of sulfonamides is 1. The summed E-state index contributed by atoms with van der Waals surface area (Å²) < 4.78 is 39.9. The summed E-state index contributed by atoms with van der Waals surface area (Å²) in [7, 11) is -2.52. The van der Waals surface area contributed by atoms with Crippen molar-refractivity contribution >= 4 is 72.4 Å². The summed E-state index contributed by atoms with van der Waals surface area (Å²) in [5, 5.41) is 0. The number of halogens is 1. The van der Waals surface area contributed by atoms with Gasteiger partial charge in [-0.2, -0.15) is 9.30 Å². The van der Waals surface area contributed by atoms with Crippen LogP contribution < -0.4 is 4.80 Å². The van der Waals surface area contributed by atoms with Gasteiger partial charge in [-0.05, 0) is 50.1 Å². The third kappa shape index (κ3) is 5.96. The van der Waals surface area contributed by atoms with E-state index in [1.807, 2.05) is 0 Å². The molecule has 3 aromatic rings. The van der Waals surface area contributed by atoms with Gasteiger partial charge >= 0.3 is 11.9 Å². The monoisotopic (exact) mass is 585 g/mol. The Kier molecular flexibility index (Phi) is 8.49. The summed E-state index contributed by atoms with van der Waals surface area (Å²) in [5.41, 5.74) is 0.929. The number of ether oxygens (including phenoxy) is 2. The van der Waals surface area contributed by atoms with Gasteiger partial charge in [0.25, 0.3) is 15.9 Å². The summed E-state index contributed by atoms with van der Waals surface area (Å²) in [4.78, 5) is 42.0. The number of fused-ring (bicyclic) bond motifs is 1. The van der Waals surface area contributed by atoms with E-state index in [4.69, 9.17) is 21.1 Å². The number of amides is 1. The van der Waals surface area contributed by atoms with E-state index < -0.39 is 33.8 Å². The highest BCUT2D eigenvalue weighted by Gasteiger charge is 2.34. The van der Waals surface area contributed by atoms with Crippen LogP contribution in [0.1, 0.15) is 30.1 Å². The van der Waals surface area contributed by atoms with Crippen LogP contribution in [0.3, 0.4) is 0 Å². The maximum absolute atomic E-state index is 13.2. The Morgan fingerprint density at radius 3 is 2.65 bits per heavy atom. The van der Waals surface area contributed by atoms with Crippen LogP contribution in [0.4, 0.5) is 0 Å². The molecule has 0 bridgehead atoms. The molecule has 14 heteroatoms. The molecule has 10 nitrogen and oxygen atoms in total. The molecule has 1 aliphatic rings. The standard InChI is InChI=1S/C23H24ClN3O7S3/c1-3-34-22(30)14-6-7-16-17(11-14)35-23(27(16)13-19(28)33-2)25-21(29)15-5-4-10-26(12-15)37(31,32)20-9-8-18(24)36-20/h6-9,11,15H,3-5,10,12-13H2,1-2H3. The van der Waals surface area contributed by atoms with Crippen molar-refractivity contribution in [1.29, 1.82) is 0 Å². The molecule has 1 atom stereocenters. The van der Waals surface area contributed by atoms with Crippen molar-refractivity contribution in [2.24, 2.45) is 10.9 Å². The molecule has 2 aromatic heterocycles. The van der Waals surface area contributed by atoms with Crippen molar-refractivity contribution in [3.63, 3.8) is 0 Å². The van der Waals surface area contributed by atoms with E-state index in [1.54, 1.807) is 29.7 Å². The first kappa shape index (κ1) is 27.5. The Bertz CT molecular complexity index is 1520. The van der Waals surface area contributed by atoms with Gasteiger partial charge in [0.15, 0.2) is 4.80 Å². The fourth-order valence-electron chi connectivity index (χ4n) is 3.96. The molecule has 37 heavy (non-hydrogen) atoms. The van der Waals surface area contributed by atoms with Crippen molar-refractivity contribution < 1.29 is 32.3 Å². The maximum Gasteiger partial charge on any atom is 0.338 e. The van der Waals surface area contributed by atoms with Crippen LogP contribution in [-0.4, -0.2) is 61.9 Å². The minimum absolute atomic E-state index is 0.00487. The van der Waals surface area contributed by atoms with Gasteiger partial charge in [0.2, 0.25) is 0 Å². The van der Waals surface area contributed by atoms with E-state index in [9.17, 15) is 22.8 Å². The van der Waals surface area contributed by atoms with Gasteiger partial charge in [0.1, 0.15) is 10.8 Å². The second kappa shape index (κ2) is 11.4. The SMILES string of the molecule is CCOC(=O)c1ccc2c(c1)sc(=NC(=O)C1CCCN(S(=O)(=O)c3ccc(Cl)s3)C1)n2CC(=O)OC. The number of hydrogen-bond acceptors (Lipinski definition) is 9. The predicted octanol–water partition coefficient (Wildman–Crippen LogP) is 3.30. The Morgan fingerprint density at radius 1 is 1.19 bits per heavy atom. The number of hydrogen-bond donors (Lipinski definition) is 0. The Balaban J connectivity index is 1.67. The number of thiophene rings is 1. The number of thiazole rings is 1. The van der Waals surface area contributed by atoms with E-state index in [0.29, 0.717) is 39.5 Å². The summed E-state index contributed by atoms with van der Waals surface area (Å²) in [6.07, 6.45) is 0.982. The minimum atomic E-state index is -3.78. The number of methoxy groups -OCH3 is 1. The van der Waals surface area contributed by atoms with Crippen molar-refractivity contribution in [1.82, 2.24) is 8.87 Å². The zero-order valence-corrected chi connectivity index (χ0v) is 23.2. The van der Waals surface area contributed by atoms with Crippen LogP contribution in [0, 0.1) is 5.92 Å². The molecule has 0 saturated carbocycles. The maximum atomic E-state index is 13.2. The van der Waals surface area contributed by atoms with E-state index >= 15 is 0 Å². The van der Waals surface area contributed by atoms with Crippen LogP contribution in [0.5, 0.6) is 0 Å². The first-order valence-corrected chi connectivity index (χ1v) is 14.8. The third-order valence-corrected chi connectivity index (χ3v) is 10.4. The van der Waals surface area contributed by atoms with Gasteiger partial charge in [-0.3, -0.25) is 9.59 Å². The van der Waals surface area contributed by atoms with E-state index in [-0.39, 0.29) is 28.7 Å². The van der Waals surface area contributed by atoms with Gasteiger partial charge in [-0.25, -0.2) is 13.2 Å². The number of rotatable bonds is 7. The van der Waals surface area contributed by atoms with Gasteiger partial charge in [-0.1, -0.05) is 22.9 Å². The summed E-state index contributed by atoms with van der Waals surface area (Å²) in [6.45, 7) is 2.04. The topological polar surface area (TPSA) is 124 Å². The lowest BCUT2D eigenvalue weighted by atomic mass is 9.99. The van der Waals surface area contributed by atoms with E-state index in [0.717, 1.165) is 22.7 Å². The average molecular weight is 586 g/mol. The third-order valence-electron chi connectivity index (χ3n) is 5.79. The quantitative estimate of drug-likeness (QED) is 0.390. The number of aromatic nitrogens is 1. The van der Waals surface area contributed by atoms with Crippen LogP contribution >= 0.6 is 34.3 Å². The minimum Gasteiger partial charge on any atom is -0.468 e. The second-order valence-corrected chi connectivity index (χ2v) is 13.0. The normalized spacial score (nSPS) is 17.2. The molecule has 1 aromatic carbocycles. The number of carbonyl (C=O) groups is 3. The highest BCUT2D eigenvalue weighted by atomic mass is 35.5. The molecule has 1 unspecified atom stereocenters. The molecular formula is C23H24ClN3O7S3. The second-order valence-electron chi connectivity index (χ2n) is 8.16. The largest absolute Gasteiger partial charge is 0.468 e. The van der Waals surface area contributed by atoms with Crippen LogP contribution in [-0.2, 0) is 35.6 Å². The number of benzene rings is 1.